The van der Waals surface area contributed by atoms with Gasteiger partial charge in [0.2, 0.25) is 5.91 Å². The Bertz CT molecular complexity index is 536. The number of pyridine rings is 1. The van der Waals surface area contributed by atoms with Gasteiger partial charge in [-0.3, -0.25) is 14.6 Å². The molecule has 0 atom stereocenters. The van der Waals surface area contributed by atoms with Gasteiger partial charge in [-0.05, 0) is 31.9 Å². The van der Waals surface area contributed by atoms with Crippen molar-refractivity contribution in [3.63, 3.8) is 0 Å². The standard InChI is InChI=1S/C16H22N4O2/c1-12(10-15(21)18-14-7-3-2-4-8-14)19-20-16(22)13-6-5-9-17-11-13/h5-6,9,11,14H,2-4,7-8,10H2,1H3,(H,18,21)(H,20,22). The minimum Gasteiger partial charge on any atom is -0.353 e. The molecule has 1 aromatic heterocycles. The highest BCUT2D eigenvalue weighted by atomic mass is 16.2. The lowest BCUT2D eigenvalue weighted by Gasteiger charge is -2.22. The van der Waals surface area contributed by atoms with Gasteiger partial charge in [0.05, 0.1) is 12.0 Å². The first-order valence-electron chi connectivity index (χ1n) is 7.68. The summed E-state index contributed by atoms with van der Waals surface area (Å²) in [5.41, 5.74) is 3.45. The number of nitrogens with one attached hydrogen (secondary N) is 2. The summed E-state index contributed by atoms with van der Waals surface area (Å²) < 4.78 is 0. The number of nitrogens with zero attached hydrogens (tertiary/aromatic N) is 2. The molecule has 1 fully saturated rings. The van der Waals surface area contributed by atoms with Crippen LogP contribution in [0, 0.1) is 0 Å². The Hall–Kier alpha value is -2.24. The average molecular weight is 302 g/mol. The maximum absolute atomic E-state index is 11.9. The van der Waals surface area contributed by atoms with E-state index in [2.05, 4.69) is 20.8 Å². The molecule has 0 aliphatic heterocycles. The molecule has 0 spiro atoms. The molecule has 1 aliphatic rings. The van der Waals surface area contributed by atoms with Crippen molar-refractivity contribution >= 4 is 17.5 Å². The van der Waals surface area contributed by atoms with Gasteiger partial charge in [-0.2, -0.15) is 5.10 Å². The second-order valence-electron chi connectivity index (χ2n) is 5.61. The van der Waals surface area contributed by atoms with E-state index in [1.807, 2.05) is 0 Å². The second kappa shape index (κ2) is 8.26. The van der Waals surface area contributed by atoms with Gasteiger partial charge in [-0.1, -0.05) is 19.3 Å². The van der Waals surface area contributed by atoms with Crippen molar-refractivity contribution in [3.05, 3.63) is 30.1 Å². The minimum atomic E-state index is -0.333. The van der Waals surface area contributed by atoms with E-state index in [1.54, 1.807) is 25.3 Å². The maximum atomic E-state index is 11.9. The van der Waals surface area contributed by atoms with Crippen LogP contribution >= 0.6 is 0 Å². The van der Waals surface area contributed by atoms with E-state index in [1.165, 1.54) is 25.5 Å². The van der Waals surface area contributed by atoms with E-state index in [4.69, 9.17) is 0 Å². The van der Waals surface area contributed by atoms with Crippen LogP contribution in [0.1, 0.15) is 55.8 Å². The molecular formula is C16H22N4O2. The van der Waals surface area contributed by atoms with E-state index in [0.29, 0.717) is 17.3 Å². The quantitative estimate of drug-likeness (QED) is 0.645. The van der Waals surface area contributed by atoms with E-state index < -0.39 is 0 Å². The molecule has 1 aromatic rings. The lowest BCUT2D eigenvalue weighted by Crippen LogP contribution is -2.37. The van der Waals surface area contributed by atoms with Crippen LogP contribution in [0.3, 0.4) is 0 Å². The molecule has 22 heavy (non-hydrogen) atoms. The molecular weight excluding hydrogens is 280 g/mol. The van der Waals surface area contributed by atoms with Gasteiger partial charge in [0.25, 0.3) is 5.91 Å². The van der Waals surface area contributed by atoms with Crippen LogP contribution in [0.2, 0.25) is 0 Å². The highest BCUT2D eigenvalue weighted by molar-refractivity contribution is 6.01. The number of carbonyl (C=O) groups excluding carboxylic acids is 2. The maximum Gasteiger partial charge on any atom is 0.272 e. The van der Waals surface area contributed by atoms with Gasteiger partial charge in [0.15, 0.2) is 0 Å². The Kier molecular flexibility index (Phi) is 6.06. The fourth-order valence-electron chi connectivity index (χ4n) is 2.51. The summed E-state index contributed by atoms with van der Waals surface area (Å²) in [6, 6.07) is 3.63. The molecule has 1 saturated carbocycles. The number of aromatic nitrogens is 1. The highest BCUT2D eigenvalue weighted by Gasteiger charge is 2.16. The van der Waals surface area contributed by atoms with Gasteiger partial charge in [0, 0.05) is 24.1 Å². The van der Waals surface area contributed by atoms with Crippen molar-refractivity contribution in [2.45, 2.75) is 51.5 Å². The van der Waals surface area contributed by atoms with Crippen LogP contribution < -0.4 is 10.7 Å². The summed E-state index contributed by atoms with van der Waals surface area (Å²) in [5, 5.41) is 6.99. The first kappa shape index (κ1) is 16.1. The largest absolute Gasteiger partial charge is 0.353 e. The van der Waals surface area contributed by atoms with Crippen molar-refractivity contribution in [3.8, 4) is 0 Å². The summed E-state index contributed by atoms with van der Waals surface area (Å²) in [6.07, 6.45) is 8.99. The van der Waals surface area contributed by atoms with Crippen LogP contribution in [0.4, 0.5) is 0 Å². The van der Waals surface area contributed by atoms with E-state index in [0.717, 1.165) is 12.8 Å². The van der Waals surface area contributed by atoms with Crippen molar-refractivity contribution < 1.29 is 9.59 Å². The second-order valence-corrected chi connectivity index (χ2v) is 5.61. The zero-order valence-corrected chi connectivity index (χ0v) is 12.8. The number of amides is 2. The minimum absolute atomic E-state index is 0.0382. The van der Waals surface area contributed by atoms with Crippen LogP contribution in [0.25, 0.3) is 0 Å². The highest BCUT2D eigenvalue weighted by Crippen LogP contribution is 2.17. The zero-order chi connectivity index (χ0) is 15.8. The van der Waals surface area contributed by atoms with Gasteiger partial charge in [0.1, 0.15) is 0 Å². The topological polar surface area (TPSA) is 83.5 Å². The van der Waals surface area contributed by atoms with Crippen LogP contribution in [-0.4, -0.2) is 28.6 Å². The Morgan fingerprint density at radius 1 is 1.32 bits per heavy atom. The third-order valence-corrected chi connectivity index (χ3v) is 3.66. The first-order valence-corrected chi connectivity index (χ1v) is 7.68. The smallest absolute Gasteiger partial charge is 0.272 e. The number of rotatable bonds is 5. The Morgan fingerprint density at radius 2 is 2.09 bits per heavy atom. The van der Waals surface area contributed by atoms with Gasteiger partial charge in [-0.25, -0.2) is 5.43 Å². The van der Waals surface area contributed by atoms with Crippen LogP contribution in [-0.2, 0) is 4.79 Å². The van der Waals surface area contributed by atoms with Gasteiger partial charge >= 0.3 is 0 Å². The molecule has 1 aliphatic carbocycles. The van der Waals surface area contributed by atoms with Crippen molar-refractivity contribution in [2.75, 3.05) is 0 Å². The van der Waals surface area contributed by atoms with Crippen molar-refractivity contribution in [1.82, 2.24) is 15.7 Å². The van der Waals surface area contributed by atoms with Gasteiger partial charge < -0.3 is 5.32 Å². The average Bonchev–Trinajstić information content (AvgIpc) is 2.54. The third kappa shape index (κ3) is 5.27. The number of hydrogen-bond acceptors (Lipinski definition) is 4. The molecule has 118 valence electrons. The fraction of sp³-hybridized carbons (Fsp3) is 0.500. The monoisotopic (exact) mass is 302 g/mol. The lowest BCUT2D eigenvalue weighted by molar-refractivity contribution is -0.120. The predicted octanol–water partition coefficient (Wildman–Crippen LogP) is 2.03. The fourth-order valence-corrected chi connectivity index (χ4v) is 2.51. The summed E-state index contributed by atoms with van der Waals surface area (Å²) in [7, 11) is 0. The van der Waals surface area contributed by atoms with Gasteiger partial charge in [-0.15, -0.1) is 0 Å². The normalized spacial score (nSPS) is 16.1. The molecule has 0 unspecified atom stereocenters. The predicted molar refractivity (Wildman–Crippen MR) is 84.4 cm³/mol. The molecule has 0 bridgehead atoms. The lowest BCUT2D eigenvalue weighted by atomic mass is 9.95. The number of hydrogen-bond donors (Lipinski definition) is 2. The molecule has 2 rings (SSSR count). The molecule has 0 saturated heterocycles. The van der Waals surface area contributed by atoms with Crippen molar-refractivity contribution in [2.24, 2.45) is 5.10 Å². The third-order valence-electron chi connectivity index (χ3n) is 3.66. The Labute approximate surface area is 130 Å². The molecule has 0 radical (unpaired) electrons. The zero-order valence-electron chi connectivity index (χ0n) is 12.8. The molecule has 2 N–H and O–H groups in total. The molecule has 1 heterocycles. The van der Waals surface area contributed by atoms with Crippen LogP contribution in [0.15, 0.2) is 29.6 Å². The summed E-state index contributed by atoms with van der Waals surface area (Å²) in [4.78, 5) is 27.6. The molecule has 6 heteroatoms. The molecule has 6 nitrogen and oxygen atoms in total. The molecule has 0 aromatic carbocycles. The molecule has 2 amide bonds. The summed E-state index contributed by atoms with van der Waals surface area (Å²) >= 11 is 0. The number of carbonyl (C=O) groups is 2. The summed E-state index contributed by atoms with van der Waals surface area (Å²) in [5.74, 6) is -0.371. The first-order chi connectivity index (χ1) is 10.6. The Morgan fingerprint density at radius 3 is 2.77 bits per heavy atom. The van der Waals surface area contributed by atoms with E-state index in [-0.39, 0.29) is 18.2 Å². The van der Waals surface area contributed by atoms with Crippen molar-refractivity contribution in [1.29, 1.82) is 0 Å². The van der Waals surface area contributed by atoms with E-state index in [9.17, 15) is 9.59 Å². The summed E-state index contributed by atoms with van der Waals surface area (Å²) in [6.45, 7) is 1.73. The SMILES string of the molecule is CC(CC(=O)NC1CCCCC1)=NNC(=O)c1cccnc1. The Balaban J connectivity index is 1.77. The van der Waals surface area contributed by atoms with Crippen LogP contribution in [0.5, 0.6) is 0 Å². The van der Waals surface area contributed by atoms with E-state index >= 15 is 0 Å². The number of hydrazone groups is 1.